The van der Waals surface area contributed by atoms with Crippen LogP contribution in [0.25, 0.3) is 0 Å². The van der Waals surface area contributed by atoms with E-state index in [-0.39, 0.29) is 0 Å². The second-order valence-corrected chi connectivity index (χ2v) is 4.17. The van der Waals surface area contributed by atoms with Gasteiger partial charge >= 0.3 is 0 Å². The van der Waals surface area contributed by atoms with Crippen LogP contribution in [0.1, 0.15) is 0 Å². The summed E-state index contributed by atoms with van der Waals surface area (Å²) >= 11 is 0. The molecule has 0 radical (unpaired) electrons. The van der Waals surface area contributed by atoms with Gasteiger partial charge in [0.2, 0.25) is 0 Å². The Morgan fingerprint density at radius 1 is 1.00 bits per heavy atom. The van der Waals surface area contributed by atoms with Crippen molar-refractivity contribution >= 4 is 0 Å². The highest BCUT2D eigenvalue weighted by atomic mass is 15.3. The van der Waals surface area contributed by atoms with E-state index in [9.17, 15) is 0 Å². The van der Waals surface area contributed by atoms with Crippen molar-refractivity contribution in [3.63, 3.8) is 0 Å². The van der Waals surface area contributed by atoms with E-state index in [0.29, 0.717) is 0 Å². The van der Waals surface area contributed by atoms with Gasteiger partial charge in [-0.05, 0) is 5.57 Å². The van der Waals surface area contributed by atoms with Crippen LogP contribution in [-0.2, 0) is 0 Å². The summed E-state index contributed by atoms with van der Waals surface area (Å²) in [5.74, 6) is 0. The summed E-state index contributed by atoms with van der Waals surface area (Å²) in [6.07, 6.45) is 0. The first-order chi connectivity index (χ1) is 6.84. The third-order valence-corrected chi connectivity index (χ3v) is 2.77. The number of hydrogen-bond acceptors (Lipinski definition) is 4. The molecule has 0 aromatic rings. The maximum absolute atomic E-state index is 4.14. The van der Waals surface area contributed by atoms with Gasteiger partial charge in [0.1, 0.15) is 0 Å². The van der Waals surface area contributed by atoms with Crippen LogP contribution in [0, 0.1) is 0 Å². The third-order valence-electron chi connectivity index (χ3n) is 2.77. The van der Waals surface area contributed by atoms with Crippen LogP contribution in [-0.4, -0.2) is 62.4 Å². The molecule has 2 N–H and O–H groups in total. The van der Waals surface area contributed by atoms with Gasteiger partial charge in [0.15, 0.2) is 0 Å². The van der Waals surface area contributed by atoms with Gasteiger partial charge < -0.3 is 10.6 Å². The predicted molar refractivity (Wildman–Crippen MR) is 58.0 cm³/mol. The summed E-state index contributed by atoms with van der Waals surface area (Å²) in [7, 11) is 0. The fraction of sp³-hybridized carbons (Fsp3) is 0.800. The van der Waals surface area contributed by atoms with Gasteiger partial charge in [-0.25, -0.2) is 0 Å². The van der Waals surface area contributed by atoms with Crippen molar-refractivity contribution < 1.29 is 0 Å². The van der Waals surface area contributed by atoms with E-state index in [4.69, 9.17) is 0 Å². The molecule has 0 saturated carbocycles. The third kappa shape index (κ3) is 2.78. The van der Waals surface area contributed by atoms with Crippen molar-refractivity contribution in [2.75, 3.05) is 52.6 Å². The summed E-state index contributed by atoms with van der Waals surface area (Å²) in [4.78, 5) is 4.82. The number of rotatable bonds is 4. The molecule has 0 aromatic heterocycles. The van der Waals surface area contributed by atoms with Crippen LogP contribution in [0.2, 0.25) is 0 Å². The fourth-order valence-corrected chi connectivity index (χ4v) is 2.06. The molecular formula is C10H20N4. The minimum atomic E-state index is 1.03. The zero-order chi connectivity index (χ0) is 9.80. The van der Waals surface area contributed by atoms with Crippen molar-refractivity contribution in [2.45, 2.75) is 0 Å². The summed E-state index contributed by atoms with van der Waals surface area (Å²) in [6, 6.07) is 0. The lowest BCUT2D eigenvalue weighted by Crippen LogP contribution is -2.30. The molecule has 0 aromatic carbocycles. The van der Waals surface area contributed by atoms with Crippen LogP contribution in [0.5, 0.6) is 0 Å². The van der Waals surface area contributed by atoms with Crippen LogP contribution >= 0.6 is 0 Å². The average molecular weight is 196 g/mol. The van der Waals surface area contributed by atoms with Gasteiger partial charge in [-0.2, -0.15) is 0 Å². The molecule has 4 heteroatoms. The largest absolute Gasteiger partial charge is 0.303 e. The topological polar surface area (TPSA) is 30.5 Å². The first kappa shape index (κ1) is 10.1. The van der Waals surface area contributed by atoms with Crippen molar-refractivity contribution in [2.24, 2.45) is 0 Å². The van der Waals surface area contributed by atoms with Crippen LogP contribution in [0.15, 0.2) is 12.2 Å². The minimum Gasteiger partial charge on any atom is -0.303 e. The molecule has 0 atom stereocenters. The zero-order valence-electron chi connectivity index (χ0n) is 8.76. The molecule has 2 heterocycles. The smallest absolute Gasteiger partial charge is 0.0484 e. The summed E-state index contributed by atoms with van der Waals surface area (Å²) in [6.45, 7) is 12.9. The molecule has 0 unspecified atom stereocenters. The Bertz CT molecular complexity index is 172. The van der Waals surface area contributed by atoms with E-state index in [1.165, 1.54) is 5.57 Å². The van der Waals surface area contributed by atoms with Gasteiger partial charge in [-0.1, -0.05) is 6.58 Å². The highest BCUT2D eigenvalue weighted by Crippen LogP contribution is 2.03. The van der Waals surface area contributed by atoms with Crippen molar-refractivity contribution in [3.8, 4) is 0 Å². The SMILES string of the molecule is C=C(CN1CCNC1)CN1CCNC1. The van der Waals surface area contributed by atoms with E-state index < -0.39 is 0 Å². The molecule has 2 saturated heterocycles. The summed E-state index contributed by atoms with van der Waals surface area (Å²) < 4.78 is 0. The Hall–Kier alpha value is -0.420. The molecule has 2 fully saturated rings. The highest BCUT2D eigenvalue weighted by Gasteiger charge is 2.15. The zero-order valence-corrected chi connectivity index (χ0v) is 8.76. The maximum Gasteiger partial charge on any atom is 0.0484 e. The van der Waals surface area contributed by atoms with Crippen LogP contribution in [0.3, 0.4) is 0 Å². The first-order valence-electron chi connectivity index (χ1n) is 5.37. The van der Waals surface area contributed by atoms with E-state index >= 15 is 0 Å². The van der Waals surface area contributed by atoms with Gasteiger partial charge in [0.25, 0.3) is 0 Å². The Kier molecular flexibility index (Phi) is 3.53. The molecule has 14 heavy (non-hydrogen) atoms. The molecule has 0 spiro atoms. The van der Waals surface area contributed by atoms with E-state index in [2.05, 4.69) is 27.0 Å². The molecule has 2 rings (SSSR count). The second-order valence-electron chi connectivity index (χ2n) is 4.17. The van der Waals surface area contributed by atoms with Gasteiger partial charge in [0.05, 0.1) is 0 Å². The second kappa shape index (κ2) is 4.89. The molecule has 2 aliphatic rings. The lowest BCUT2D eigenvalue weighted by molar-refractivity contribution is 0.323. The minimum absolute atomic E-state index is 1.03. The number of nitrogens with one attached hydrogen (secondary N) is 2. The molecule has 4 nitrogen and oxygen atoms in total. The van der Waals surface area contributed by atoms with Crippen molar-refractivity contribution in [1.82, 2.24) is 20.4 Å². The predicted octanol–water partition coefficient (Wildman–Crippen LogP) is -0.732. The van der Waals surface area contributed by atoms with Crippen LogP contribution < -0.4 is 10.6 Å². The first-order valence-corrected chi connectivity index (χ1v) is 5.37. The van der Waals surface area contributed by atoms with Crippen molar-refractivity contribution in [1.29, 1.82) is 0 Å². The van der Waals surface area contributed by atoms with E-state index in [1.807, 2.05) is 0 Å². The normalized spacial score (nSPS) is 24.6. The Morgan fingerprint density at radius 3 is 1.86 bits per heavy atom. The van der Waals surface area contributed by atoms with E-state index in [1.54, 1.807) is 0 Å². The Morgan fingerprint density at radius 2 is 1.50 bits per heavy atom. The standard InChI is InChI=1S/C10H20N4/c1-10(6-13-4-2-11-8-13)7-14-5-3-12-9-14/h11-12H,1-9H2. The Labute approximate surface area is 85.9 Å². The number of hydrogen-bond donors (Lipinski definition) is 2. The molecule has 0 amide bonds. The quantitative estimate of drug-likeness (QED) is 0.580. The van der Waals surface area contributed by atoms with Gasteiger partial charge in [0, 0.05) is 52.6 Å². The highest BCUT2D eigenvalue weighted by molar-refractivity contribution is 5.01. The fourth-order valence-electron chi connectivity index (χ4n) is 2.06. The van der Waals surface area contributed by atoms with Gasteiger partial charge in [-0.3, -0.25) is 9.80 Å². The molecular weight excluding hydrogens is 176 g/mol. The lowest BCUT2D eigenvalue weighted by atomic mass is 10.2. The van der Waals surface area contributed by atoms with Gasteiger partial charge in [-0.15, -0.1) is 0 Å². The Balaban J connectivity index is 1.66. The molecule has 2 aliphatic heterocycles. The molecule has 0 aliphatic carbocycles. The lowest BCUT2D eigenvalue weighted by Gasteiger charge is -2.19. The number of nitrogens with zero attached hydrogens (tertiary/aromatic N) is 2. The summed E-state index contributed by atoms with van der Waals surface area (Å²) in [5.41, 5.74) is 1.33. The molecule has 0 bridgehead atoms. The molecule has 80 valence electrons. The maximum atomic E-state index is 4.14. The average Bonchev–Trinajstić information content (AvgIpc) is 2.76. The summed E-state index contributed by atoms with van der Waals surface area (Å²) in [5, 5.41) is 6.66. The van der Waals surface area contributed by atoms with E-state index in [0.717, 1.165) is 52.6 Å². The monoisotopic (exact) mass is 196 g/mol. The van der Waals surface area contributed by atoms with Crippen LogP contribution in [0.4, 0.5) is 0 Å². The van der Waals surface area contributed by atoms with Crippen molar-refractivity contribution in [3.05, 3.63) is 12.2 Å².